The summed E-state index contributed by atoms with van der Waals surface area (Å²) < 4.78 is 14.9. The number of rotatable bonds is 7. The van der Waals surface area contributed by atoms with E-state index in [-0.39, 0.29) is 5.82 Å². The van der Waals surface area contributed by atoms with E-state index in [0.717, 1.165) is 62.8 Å². The van der Waals surface area contributed by atoms with Crippen molar-refractivity contribution in [2.24, 2.45) is 4.99 Å². The Morgan fingerprint density at radius 2 is 1.81 bits per heavy atom. The summed E-state index contributed by atoms with van der Waals surface area (Å²) in [5.74, 6) is 0.593. The normalized spacial score (nSPS) is 15.6. The van der Waals surface area contributed by atoms with Gasteiger partial charge in [0.25, 0.3) is 0 Å². The molecule has 168 valence electrons. The quantitative estimate of drug-likeness (QED) is 0.442. The van der Waals surface area contributed by atoms with Crippen LogP contribution in [0.4, 0.5) is 4.39 Å². The number of nitrogens with one attached hydrogen (secondary N) is 2. The number of aliphatic imine (C=N–C) groups is 1. The van der Waals surface area contributed by atoms with E-state index < -0.39 is 0 Å². The van der Waals surface area contributed by atoms with Gasteiger partial charge in [-0.25, -0.2) is 9.07 Å². The summed E-state index contributed by atoms with van der Waals surface area (Å²) in [5.41, 5.74) is 3.20. The first-order chi connectivity index (χ1) is 15.7. The molecule has 2 N–H and O–H groups in total. The number of benzene rings is 2. The van der Waals surface area contributed by atoms with E-state index >= 15 is 0 Å². The molecule has 2 aromatic carbocycles. The molecular weight excluding hydrogens is 403 g/mol. The summed E-state index contributed by atoms with van der Waals surface area (Å²) in [6, 6.07) is 19.4. The topological polar surface area (TPSA) is 57.5 Å². The standard InChI is InChI=1S/C25H31FN6/c1-27-25(29-22-12-16-31(17-13-22)19-20-5-3-2-4-6-20)28-15-11-23-14-18-32(30-23)24-9-7-21(26)8-10-24/h2-10,14,18,22H,11-13,15-17,19H2,1H3,(H2,27,28,29). The van der Waals surface area contributed by atoms with Gasteiger partial charge in [-0.2, -0.15) is 5.10 Å². The molecule has 0 atom stereocenters. The Morgan fingerprint density at radius 1 is 1.06 bits per heavy atom. The van der Waals surface area contributed by atoms with Crippen LogP contribution in [0.2, 0.25) is 0 Å². The summed E-state index contributed by atoms with van der Waals surface area (Å²) >= 11 is 0. The van der Waals surface area contributed by atoms with Gasteiger partial charge < -0.3 is 10.6 Å². The monoisotopic (exact) mass is 434 g/mol. The van der Waals surface area contributed by atoms with E-state index in [0.29, 0.717) is 6.04 Å². The zero-order valence-electron chi connectivity index (χ0n) is 18.5. The van der Waals surface area contributed by atoms with Crippen LogP contribution in [0.1, 0.15) is 24.1 Å². The molecule has 0 amide bonds. The van der Waals surface area contributed by atoms with E-state index in [1.165, 1.54) is 17.7 Å². The van der Waals surface area contributed by atoms with Gasteiger partial charge in [-0.3, -0.25) is 9.89 Å². The molecular formula is C25H31FN6. The molecule has 32 heavy (non-hydrogen) atoms. The van der Waals surface area contributed by atoms with Gasteiger partial charge in [0.1, 0.15) is 5.82 Å². The molecule has 2 heterocycles. The molecule has 3 aromatic rings. The van der Waals surface area contributed by atoms with Crippen molar-refractivity contribution in [1.29, 1.82) is 0 Å². The lowest BCUT2D eigenvalue weighted by molar-refractivity contribution is 0.198. The maximum atomic E-state index is 13.1. The van der Waals surface area contributed by atoms with Crippen molar-refractivity contribution in [1.82, 2.24) is 25.3 Å². The van der Waals surface area contributed by atoms with Gasteiger partial charge in [0.05, 0.1) is 11.4 Å². The van der Waals surface area contributed by atoms with Gasteiger partial charge in [0.15, 0.2) is 5.96 Å². The number of hydrogen-bond donors (Lipinski definition) is 2. The van der Waals surface area contributed by atoms with Crippen LogP contribution < -0.4 is 10.6 Å². The zero-order valence-corrected chi connectivity index (χ0v) is 18.5. The minimum Gasteiger partial charge on any atom is -0.356 e. The van der Waals surface area contributed by atoms with Gasteiger partial charge in [-0.05, 0) is 48.7 Å². The Labute approximate surface area is 189 Å². The van der Waals surface area contributed by atoms with Gasteiger partial charge in [-0.1, -0.05) is 30.3 Å². The third-order valence-electron chi connectivity index (χ3n) is 5.81. The average Bonchev–Trinajstić information content (AvgIpc) is 3.29. The second kappa shape index (κ2) is 10.9. The summed E-state index contributed by atoms with van der Waals surface area (Å²) in [7, 11) is 1.81. The fourth-order valence-electron chi connectivity index (χ4n) is 4.01. The highest BCUT2D eigenvalue weighted by Gasteiger charge is 2.20. The van der Waals surface area contributed by atoms with Crippen LogP contribution >= 0.6 is 0 Å². The van der Waals surface area contributed by atoms with E-state index in [1.54, 1.807) is 16.8 Å². The molecule has 6 nitrogen and oxygen atoms in total. The fourth-order valence-corrected chi connectivity index (χ4v) is 4.01. The van der Waals surface area contributed by atoms with Gasteiger partial charge >= 0.3 is 0 Å². The molecule has 0 aliphatic carbocycles. The number of hydrogen-bond acceptors (Lipinski definition) is 3. The first-order valence-corrected chi connectivity index (χ1v) is 11.2. The third kappa shape index (κ3) is 6.17. The second-order valence-corrected chi connectivity index (χ2v) is 8.16. The minimum atomic E-state index is -0.244. The first-order valence-electron chi connectivity index (χ1n) is 11.2. The lowest BCUT2D eigenvalue weighted by Crippen LogP contribution is -2.48. The molecule has 0 spiro atoms. The molecule has 1 fully saturated rings. The van der Waals surface area contributed by atoms with Crippen LogP contribution in [0.25, 0.3) is 5.69 Å². The number of aromatic nitrogens is 2. The molecule has 1 saturated heterocycles. The number of likely N-dealkylation sites (tertiary alicyclic amines) is 1. The molecule has 0 saturated carbocycles. The molecule has 1 aliphatic heterocycles. The van der Waals surface area contributed by atoms with Gasteiger partial charge in [0.2, 0.25) is 0 Å². The Balaban J connectivity index is 1.18. The van der Waals surface area contributed by atoms with E-state index in [2.05, 4.69) is 56.0 Å². The van der Waals surface area contributed by atoms with Crippen LogP contribution in [-0.2, 0) is 13.0 Å². The van der Waals surface area contributed by atoms with Crippen LogP contribution in [0.15, 0.2) is 71.9 Å². The summed E-state index contributed by atoms with van der Waals surface area (Å²) in [5, 5.41) is 11.5. The van der Waals surface area contributed by atoms with Crippen LogP contribution in [-0.4, -0.2) is 53.4 Å². The van der Waals surface area contributed by atoms with Crippen LogP contribution in [0.3, 0.4) is 0 Å². The van der Waals surface area contributed by atoms with Crippen molar-refractivity contribution in [2.75, 3.05) is 26.7 Å². The molecule has 1 aliphatic rings. The Hall–Kier alpha value is -3.19. The highest BCUT2D eigenvalue weighted by Crippen LogP contribution is 2.14. The van der Waals surface area contributed by atoms with Crippen molar-refractivity contribution in [3.63, 3.8) is 0 Å². The predicted molar refractivity (Wildman–Crippen MR) is 126 cm³/mol. The first kappa shape index (κ1) is 22.0. The average molecular weight is 435 g/mol. The largest absolute Gasteiger partial charge is 0.356 e. The number of guanidine groups is 1. The highest BCUT2D eigenvalue weighted by molar-refractivity contribution is 5.79. The predicted octanol–water partition coefficient (Wildman–Crippen LogP) is 3.38. The molecule has 0 unspecified atom stereocenters. The maximum Gasteiger partial charge on any atom is 0.191 e. The zero-order chi connectivity index (χ0) is 22.2. The molecule has 0 bridgehead atoms. The van der Waals surface area contributed by atoms with Gasteiger partial charge in [0, 0.05) is 51.9 Å². The number of nitrogens with zero attached hydrogens (tertiary/aromatic N) is 4. The second-order valence-electron chi connectivity index (χ2n) is 8.16. The van der Waals surface area contributed by atoms with Crippen molar-refractivity contribution in [2.45, 2.75) is 31.8 Å². The van der Waals surface area contributed by atoms with E-state index in [1.807, 2.05) is 19.3 Å². The number of piperidine rings is 1. The maximum absolute atomic E-state index is 13.1. The SMILES string of the molecule is CN=C(NCCc1ccn(-c2ccc(F)cc2)n1)NC1CCN(Cc2ccccc2)CC1. The van der Waals surface area contributed by atoms with Crippen molar-refractivity contribution < 1.29 is 4.39 Å². The summed E-state index contributed by atoms with van der Waals surface area (Å²) in [6.45, 7) is 3.94. The lowest BCUT2D eigenvalue weighted by Gasteiger charge is -2.33. The van der Waals surface area contributed by atoms with Crippen molar-refractivity contribution >= 4 is 5.96 Å². The Morgan fingerprint density at radius 3 is 2.53 bits per heavy atom. The van der Waals surface area contributed by atoms with Crippen molar-refractivity contribution in [3.05, 3.63) is 83.9 Å². The minimum absolute atomic E-state index is 0.244. The summed E-state index contributed by atoms with van der Waals surface area (Å²) in [4.78, 5) is 6.90. The highest BCUT2D eigenvalue weighted by atomic mass is 19.1. The molecule has 1 aromatic heterocycles. The van der Waals surface area contributed by atoms with Crippen molar-refractivity contribution in [3.8, 4) is 5.69 Å². The lowest BCUT2D eigenvalue weighted by atomic mass is 10.0. The van der Waals surface area contributed by atoms with Crippen LogP contribution in [0, 0.1) is 5.82 Å². The molecule has 4 rings (SSSR count). The summed E-state index contributed by atoms with van der Waals surface area (Å²) in [6.07, 6.45) is 4.90. The Kier molecular flexibility index (Phi) is 7.51. The third-order valence-corrected chi connectivity index (χ3v) is 5.81. The van der Waals surface area contributed by atoms with E-state index in [4.69, 9.17) is 0 Å². The molecule has 0 radical (unpaired) electrons. The molecule has 7 heteroatoms. The fraction of sp³-hybridized carbons (Fsp3) is 0.360. The van der Waals surface area contributed by atoms with Crippen LogP contribution in [0.5, 0.6) is 0 Å². The number of halogens is 1. The van der Waals surface area contributed by atoms with Gasteiger partial charge in [-0.15, -0.1) is 0 Å². The smallest absolute Gasteiger partial charge is 0.191 e. The Bertz CT molecular complexity index is 991. The van der Waals surface area contributed by atoms with E-state index in [9.17, 15) is 4.39 Å².